The lowest BCUT2D eigenvalue weighted by molar-refractivity contribution is -0.235. The molecule has 4 aliphatic carbocycles. The highest BCUT2D eigenvalue weighted by atomic mass is 16.3. The molecule has 4 nitrogen and oxygen atoms in total. The Bertz CT molecular complexity index is 663. The number of hydrogen-bond acceptors (Lipinski definition) is 4. The monoisotopic (exact) mass is 420 g/mol. The molecule has 4 fully saturated rings. The molecular weight excluding hydrogens is 376 g/mol. The van der Waals surface area contributed by atoms with Gasteiger partial charge >= 0.3 is 0 Å². The van der Waals surface area contributed by atoms with Gasteiger partial charge in [0.1, 0.15) is 5.78 Å². The average Bonchev–Trinajstić information content (AvgIpc) is 2.99. The molecule has 0 bridgehead atoms. The number of fused-ring (bicyclic) bond motifs is 5. The first-order valence-electron chi connectivity index (χ1n) is 12.6. The van der Waals surface area contributed by atoms with Gasteiger partial charge in [-0.1, -0.05) is 34.1 Å². The molecule has 0 spiro atoms. The Morgan fingerprint density at radius 1 is 1.07 bits per heavy atom. The molecule has 12 atom stereocenters. The average molecular weight is 421 g/mol. The third-order valence-corrected chi connectivity index (χ3v) is 10.7. The second-order valence-electron chi connectivity index (χ2n) is 12.2. The van der Waals surface area contributed by atoms with Crippen molar-refractivity contribution < 1.29 is 20.1 Å². The summed E-state index contributed by atoms with van der Waals surface area (Å²) in [6, 6.07) is 0. The zero-order valence-corrected chi connectivity index (χ0v) is 19.7. The van der Waals surface area contributed by atoms with Gasteiger partial charge in [-0.05, 0) is 97.7 Å². The van der Waals surface area contributed by atoms with Gasteiger partial charge in [-0.2, -0.15) is 0 Å². The molecule has 0 aliphatic heterocycles. The molecule has 0 heterocycles. The lowest BCUT2D eigenvalue weighted by atomic mass is 9.40. The van der Waals surface area contributed by atoms with Gasteiger partial charge in [0.25, 0.3) is 0 Å². The van der Waals surface area contributed by atoms with Crippen molar-refractivity contribution >= 4 is 5.78 Å². The summed E-state index contributed by atoms with van der Waals surface area (Å²) < 4.78 is 0. The number of carbonyl (C=O) groups excluding carboxylic acids is 1. The van der Waals surface area contributed by atoms with Crippen LogP contribution in [-0.2, 0) is 4.79 Å². The molecule has 0 aromatic rings. The summed E-state index contributed by atoms with van der Waals surface area (Å²) in [6.45, 7) is 10.8. The van der Waals surface area contributed by atoms with Gasteiger partial charge in [0, 0.05) is 6.42 Å². The molecule has 4 saturated carbocycles. The van der Waals surface area contributed by atoms with Gasteiger partial charge in [0.2, 0.25) is 0 Å². The third kappa shape index (κ3) is 3.23. The maximum Gasteiger partial charge on any atom is 0.130 e. The largest absolute Gasteiger partial charge is 0.393 e. The Balaban J connectivity index is 1.71. The first kappa shape index (κ1) is 22.7. The van der Waals surface area contributed by atoms with Crippen molar-refractivity contribution in [1.82, 2.24) is 0 Å². The second kappa shape index (κ2) is 7.85. The summed E-state index contributed by atoms with van der Waals surface area (Å²) >= 11 is 0. The molecule has 4 heteroatoms. The molecule has 0 radical (unpaired) electrons. The molecule has 4 rings (SSSR count). The standard InChI is InChI=1S/C26H44O4/c1-6-17-20-12-16(28)9-10-25(20,4)23-21(29)13-26(5)18(14(2)11-15(3)27)7-8-19(26)22(23)24(17)30/h14,16-24,28-30H,6-13H2,1-5H3/t14-,16-,17-,18-,19?,20+,21+,22?,23?,24-,25+,26-/m1/s1. The molecule has 0 amide bonds. The van der Waals surface area contributed by atoms with E-state index in [0.717, 1.165) is 44.9 Å². The van der Waals surface area contributed by atoms with Crippen molar-refractivity contribution in [2.75, 3.05) is 0 Å². The zero-order chi connectivity index (χ0) is 22.0. The summed E-state index contributed by atoms with van der Waals surface area (Å²) in [5, 5.41) is 33.7. The van der Waals surface area contributed by atoms with Crippen LogP contribution in [0.5, 0.6) is 0 Å². The van der Waals surface area contributed by atoms with E-state index in [0.29, 0.717) is 24.2 Å². The van der Waals surface area contributed by atoms with Crippen LogP contribution in [0.15, 0.2) is 0 Å². The van der Waals surface area contributed by atoms with Crippen LogP contribution in [0.2, 0.25) is 0 Å². The number of carbonyl (C=O) groups is 1. The Morgan fingerprint density at radius 3 is 2.40 bits per heavy atom. The van der Waals surface area contributed by atoms with Crippen molar-refractivity contribution in [3.05, 3.63) is 0 Å². The molecule has 0 aromatic carbocycles. The number of rotatable bonds is 4. The predicted molar refractivity (Wildman–Crippen MR) is 118 cm³/mol. The first-order valence-corrected chi connectivity index (χ1v) is 12.6. The van der Waals surface area contributed by atoms with Gasteiger partial charge in [-0.25, -0.2) is 0 Å². The van der Waals surface area contributed by atoms with Crippen molar-refractivity contribution in [1.29, 1.82) is 0 Å². The number of aliphatic hydroxyl groups is 3. The smallest absolute Gasteiger partial charge is 0.130 e. The molecular formula is C26H44O4. The van der Waals surface area contributed by atoms with Crippen molar-refractivity contribution in [2.24, 2.45) is 52.3 Å². The molecule has 4 aliphatic rings. The molecule has 0 aromatic heterocycles. The van der Waals surface area contributed by atoms with E-state index in [2.05, 4.69) is 27.7 Å². The summed E-state index contributed by atoms with van der Waals surface area (Å²) in [7, 11) is 0. The molecule has 3 N–H and O–H groups in total. The SMILES string of the molecule is CC[C@H]1[C@@H](O)C2C3CC[C@H]([C@H](C)CC(C)=O)[C@@]3(C)C[C@H](O)C2[C@@]2(C)CC[C@@H](O)C[C@@H]12. The van der Waals surface area contributed by atoms with Crippen LogP contribution in [0.4, 0.5) is 0 Å². The summed E-state index contributed by atoms with van der Waals surface area (Å²) in [6.07, 6.45) is 6.01. The van der Waals surface area contributed by atoms with Crippen LogP contribution in [0.1, 0.15) is 86.0 Å². The maximum atomic E-state index is 11.8. The summed E-state index contributed by atoms with van der Waals surface area (Å²) in [4.78, 5) is 11.8. The highest BCUT2D eigenvalue weighted by molar-refractivity contribution is 5.75. The minimum absolute atomic E-state index is 0.00631. The number of ketones is 1. The Kier molecular flexibility index (Phi) is 5.95. The van der Waals surface area contributed by atoms with E-state index >= 15 is 0 Å². The van der Waals surface area contributed by atoms with E-state index in [1.54, 1.807) is 6.92 Å². The summed E-state index contributed by atoms with van der Waals surface area (Å²) in [5.74, 6) is 2.18. The maximum absolute atomic E-state index is 11.8. The quantitative estimate of drug-likeness (QED) is 0.637. The lowest BCUT2D eigenvalue weighted by Gasteiger charge is -2.66. The molecule has 3 unspecified atom stereocenters. The number of Topliss-reactive ketones (excluding diaryl/α,β-unsaturated/α-hetero) is 1. The van der Waals surface area contributed by atoms with E-state index in [-0.39, 0.29) is 46.4 Å². The van der Waals surface area contributed by atoms with E-state index in [1.165, 1.54) is 0 Å². The highest BCUT2D eigenvalue weighted by Gasteiger charge is 2.67. The fourth-order valence-electron chi connectivity index (χ4n) is 9.64. The van der Waals surface area contributed by atoms with Gasteiger partial charge in [0.15, 0.2) is 0 Å². The van der Waals surface area contributed by atoms with Crippen LogP contribution < -0.4 is 0 Å². The van der Waals surface area contributed by atoms with E-state index in [9.17, 15) is 20.1 Å². The van der Waals surface area contributed by atoms with Crippen LogP contribution in [0, 0.1) is 52.3 Å². The first-order chi connectivity index (χ1) is 14.0. The lowest BCUT2D eigenvalue weighted by Crippen LogP contribution is -2.65. The number of hydrogen-bond donors (Lipinski definition) is 3. The fraction of sp³-hybridized carbons (Fsp3) is 0.962. The minimum Gasteiger partial charge on any atom is -0.393 e. The van der Waals surface area contributed by atoms with Gasteiger partial charge in [0.05, 0.1) is 18.3 Å². The normalized spacial score (nSPS) is 54.1. The van der Waals surface area contributed by atoms with Gasteiger partial charge in [-0.15, -0.1) is 0 Å². The topological polar surface area (TPSA) is 77.8 Å². The molecule has 0 saturated heterocycles. The van der Waals surface area contributed by atoms with Crippen molar-refractivity contribution in [3.8, 4) is 0 Å². The number of aliphatic hydroxyl groups excluding tert-OH is 3. The predicted octanol–water partition coefficient (Wildman–Crippen LogP) is 4.20. The second-order valence-corrected chi connectivity index (χ2v) is 12.2. The van der Waals surface area contributed by atoms with Crippen molar-refractivity contribution in [3.63, 3.8) is 0 Å². The Morgan fingerprint density at radius 2 is 1.77 bits per heavy atom. The van der Waals surface area contributed by atoms with E-state index in [1.807, 2.05) is 0 Å². The van der Waals surface area contributed by atoms with Crippen molar-refractivity contribution in [2.45, 2.75) is 104 Å². The van der Waals surface area contributed by atoms with E-state index in [4.69, 9.17) is 0 Å². The van der Waals surface area contributed by atoms with E-state index < -0.39 is 12.2 Å². The van der Waals surface area contributed by atoms with Gasteiger partial charge in [-0.3, -0.25) is 0 Å². The van der Waals surface area contributed by atoms with Crippen LogP contribution in [-0.4, -0.2) is 39.4 Å². The van der Waals surface area contributed by atoms with Crippen LogP contribution in [0.3, 0.4) is 0 Å². The van der Waals surface area contributed by atoms with Gasteiger partial charge < -0.3 is 20.1 Å². The molecule has 30 heavy (non-hydrogen) atoms. The Labute approximate surface area is 182 Å². The molecule has 172 valence electrons. The fourth-order valence-corrected chi connectivity index (χ4v) is 9.64. The summed E-state index contributed by atoms with van der Waals surface area (Å²) in [5.41, 5.74) is -0.0142. The zero-order valence-electron chi connectivity index (χ0n) is 19.7. The van der Waals surface area contributed by atoms with Crippen LogP contribution >= 0.6 is 0 Å². The highest BCUT2D eigenvalue weighted by Crippen LogP contribution is 2.69. The van der Waals surface area contributed by atoms with Crippen LogP contribution in [0.25, 0.3) is 0 Å². The third-order valence-electron chi connectivity index (χ3n) is 10.7. The Hall–Kier alpha value is -0.450. The minimum atomic E-state index is -0.406.